The summed E-state index contributed by atoms with van der Waals surface area (Å²) in [6, 6.07) is 13.6. The van der Waals surface area contributed by atoms with E-state index in [1.54, 1.807) is 43.3 Å². The third-order valence-electron chi connectivity index (χ3n) is 2.99. The van der Waals surface area contributed by atoms with E-state index in [0.29, 0.717) is 5.56 Å². The molecule has 0 unspecified atom stereocenters. The van der Waals surface area contributed by atoms with Crippen LogP contribution >= 0.6 is 0 Å². The fourth-order valence-corrected chi connectivity index (χ4v) is 1.91. The Labute approximate surface area is 122 Å². The number of ether oxygens (including phenoxy) is 1. The van der Waals surface area contributed by atoms with E-state index in [9.17, 15) is 14.9 Å². The van der Waals surface area contributed by atoms with Crippen molar-refractivity contribution in [2.75, 3.05) is 6.61 Å². The lowest BCUT2D eigenvalue weighted by atomic mass is 10.1. The van der Waals surface area contributed by atoms with Gasteiger partial charge in [0.25, 0.3) is 0 Å². The van der Waals surface area contributed by atoms with Gasteiger partial charge in [0.2, 0.25) is 0 Å². The van der Waals surface area contributed by atoms with Crippen molar-refractivity contribution in [1.82, 2.24) is 0 Å². The van der Waals surface area contributed by atoms with Gasteiger partial charge >= 0.3 is 5.69 Å². The van der Waals surface area contributed by atoms with Crippen LogP contribution in [0.4, 0.5) is 5.69 Å². The van der Waals surface area contributed by atoms with E-state index in [-0.39, 0.29) is 30.2 Å². The van der Waals surface area contributed by atoms with Crippen LogP contribution in [-0.4, -0.2) is 17.3 Å². The minimum atomic E-state index is -0.485. The minimum absolute atomic E-state index is 0.0506. The molecule has 0 aromatic heterocycles. The van der Waals surface area contributed by atoms with Gasteiger partial charge in [-0.05, 0) is 18.6 Å². The van der Waals surface area contributed by atoms with Gasteiger partial charge in [-0.2, -0.15) is 0 Å². The summed E-state index contributed by atoms with van der Waals surface area (Å²) in [7, 11) is 0. The highest BCUT2D eigenvalue weighted by Gasteiger charge is 2.15. The summed E-state index contributed by atoms with van der Waals surface area (Å²) in [6.45, 7) is 1.88. The number of Topliss-reactive ketones (excluding diaryl/α,β-unsaturated/α-hetero) is 1. The Kier molecular flexibility index (Phi) is 4.66. The second kappa shape index (κ2) is 6.65. The quantitative estimate of drug-likeness (QED) is 0.462. The normalized spacial score (nSPS) is 10.1. The van der Waals surface area contributed by atoms with Crippen molar-refractivity contribution in [2.24, 2.45) is 0 Å². The van der Waals surface area contributed by atoms with Crippen LogP contribution in [0, 0.1) is 17.0 Å². The van der Waals surface area contributed by atoms with Crippen molar-refractivity contribution in [1.29, 1.82) is 0 Å². The number of hydrogen-bond acceptors (Lipinski definition) is 4. The first-order valence-corrected chi connectivity index (χ1v) is 6.54. The van der Waals surface area contributed by atoms with E-state index in [1.807, 2.05) is 6.07 Å². The fraction of sp³-hybridized carbons (Fsp3) is 0.188. The van der Waals surface area contributed by atoms with Gasteiger partial charge in [-0.25, -0.2) is 0 Å². The van der Waals surface area contributed by atoms with Crippen LogP contribution in [0.1, 0.15) is 22.3 Å². The summed E-state index contributed by atoms with van der Waals surface area (Å²) >= 11 is 0. The highest BCUT2D eigenvalue weighted by Crippen LogP contribution is 2.27. The van der Waals surface area contributed by atoms with Gasteiger partial charge in [-0.15, -0.1) is 0 Å². The average Bonchev–Trinajstić information content (AvgIpc) is 2.49. The number of nitrogens with zero attached hydrogens (tertiary/aromatic N) is 1. The number of benzene rings is 2. The van der Waals surface area contributed by atoms with Crippen molar-refractivity contribution in [3.05, 3.63) is 69.8 Å². The molecule has 0 aliphatic heterocycles. The molecule has 0 fully saturated rings. The molecule has 0 bridgehead atoms. The molecule has 0 saturated heterocycles. The zero-order chi connectivity index (χ0) is 15.2. The van der Waals surface area contributed by atoms with Crippen LogP contribution in [0.5, 0.6) is 5.75 Å². The number of carbonyl (C=O) groups excluding carboxylic acids is 1. The molecule has 0 atom stereocenters. The van der Waals surface area contributed by atoms with Gasteiger partial charge in [-0.3, -0.25) is 14.9 Å². The molecule has 0 aliphatic carbocycles. The molecule has 5 heteroatoms. The molecule has 2 aromatic rings. The molecule has 0 N–H and O–H groups in total. The van der Waals surface area contributed by atoms with E-state index >= 15 is 0 Å². The van der Waals surface area contributed by atoms with Gasteiger partial charge in [0, 0.05) is 18.1 Å². The summed E-state index contributed by atoms with van der Waals surface area (Å²) in [5.74, 6) is 0.136. The van der Waals surface area contributed by atoms with Crippen LogP contribution in [0.15, 0.2) is 48.5 Å². The van der Waals surface area contributed by atoms with E-state index in [2.05, 4.69) is 0 Å². The molecule has 0 amide bonds. The fourth-order valence-electron chi connectivity index (χ4n) is 1.91. The Hall–Kier alpha value is -2.69. The van der Waals surface area contributed by atoms with Crippen molar-refractivity contribution < 1.29 is 14.5 Å². The SMILES string of the molecule is Cc1ccc(OCCC(=O)c2ccccc2)c([N+](=O)[O-])c1. The molecular weight excluding hydrogens is 270 g/mol. The largest absolute Gasteiger partial charge is 0.486 e. The Morgan fingerprint density at radius 2 is 1.90 bits per heavy atom. The van der Waals surface area contributed by atoms with Gasteiger partial charge in [-0.1, -0.05) is 36.4 Å². The average molecular weight is 285 g/mol. The number of rotatable bonds is 6. The Bertz CT molecular complexity index is 653. The molecule has 2 rings (SSSR count). The van der Waals surface area contributed by atoms with Crippen molar-refractivity contribution in [3.8, 4) is 5.75 Å². The third kappa shape index (κ3) is 3.89. The second-order valence-electron chi connectivity index (χ2n) is 4.62. The molecule has 0 spiro atoms. The highest BCUT2D eigenvalue weighted by molar-refractivity contribution is 5.96. The van der Waals surface area contributed by atoms with Gasteiger partial charge in [0.05, 0.1) is 11.5 Å². The maximum atomic E-state index is 11.9. The van der Waals surface area contributed by atoms with Crippen LogP contribution in [0.2, 0.25) is 0 Å². The molecular formula is C16H15NO4. The molecule has 0 saturated carbocycles. The molecule has 5 nitrogen and oxygen atoms in total. The second-order valence-corrected chi connectivity index (χ2v) is 4.62. The smallest absolute Gasteiger partial charge is 0.311 e. The van der Waals surface area contributed by atoms with Crippen molar-refractivity contribution >= 4 is 11.5 Å². The van der Waals surface area contributed by atoms with E-state index in [0.717, 1.165) is 5.56 Å². The summed E-state index contributed by atoms with van der Waals surface area (Å²) in [5.41, 5.74) is 1.32. The Balaban J connectivity index is 1.98. The molecule has 0 aliphatic rings. The van der Waals surface area contributed by atoms with Crippen LogP contribution in [-0.2, 0) is 0 Å². The molecule has 0 heterocycles. The van der Waals surface area contributed by atoms with Crippen LogP contribution < -0.4 is 4.74 Å². The first-order chi connectivity index (χ1) is 10.1. The maximum Gasteiger partial charge on any atom is 0.311 e. The molecule has 21 heavy (non-hydrogen) atoms. The number of carbonyl (C=O) groups is 1. The predicted octanol–water partition coefficient (Wildman–Crippen LogP) is 3.56. The maximum absolute atomic E-state index is 11.9. The van der Waals surface area contributed by atoms with Gasteiger partial charge < -0.3 is 4.74 Å². The predicted molar refractivity (Wildman–Crippen MR) is 78.7 cm³/mol. The van der Waals surface area contributed by atoms with Gasteiger partial charge in [0.15, 0.2) is 11.5 Å². The zero-order valence-electron chi connectivity index (χ0n) is 11.6. The highest BCUT2D eigenvalue weighted by atomic mass is 16.6. The van der Waals surface area contributed by atoms with E-state index < -0.39 is 4.92 Å². The first-order valence-electron chi connectivity index (χ1n) is 6.54. The number of ketones is 1. The topological polar surface area (TPSA) is 69.4 Å². The molecule has 108 valence electrons. The number of aryl methyl sites for hydroxylation is 1. The van der Waals surface area contributed by atoms with Crippen LogP contribution in [0.25, 0.3) is 0 Å². The lowest BCUT2D eigenvalue weighted by Crippen LogP contribution is -2.07. The number of nitro benzene ring substituents is 1. The lowest BCUT2D eigenvalue weighted by molar-refractivity contribution is -0.385. The van der Waals surface area contributed by atoms with Crippen molar-refractivity contribution in [3.63, 3.8) is 0 Å². The summed E-state index contributed by atoms with van der Waals surface area (Å²) in [4.78, 5) is 22.4. The first kappa shape index (κ1) is 14.7. The summed E-state index contributed by atoms with van der Waals surface area (Å²) < 4.78 is 5.38. The summed E-state index contributed by atoms with van der Waals surface area (Å²) in [5, 5.41) is 11.0. The standard InChI is InChI=1S/C16H15NO4/c1-12-7-8-16(14(11-12)17(19)20)21-10-9-15(18)13-5-3-2-4-6-13/h2-8,11H,9-10H2,1H3. The monoisotopic (exact) mass is 285 g/mol. The lowest BCUT2D eigenvalue weighted by Gasteiger charge is -2.07. The Morgan fingerprint density at radius 3 is 2.57 bits per heavy atom. The molecule has 0 radical (unpaired) electrons. The zero-order valence-corrected chi connectivity index (χ0v) is 11.6. The Morgan fingerprint density at radius 1 is 1.19 bits per heavy atom. The summed E-state index contributed by atoms with van der Waals surface area (Å²) in [6.07, 6.45) is 0.176. The molecule has 2 aromatic carbocycles. The number of hydrogen-bond donors (Lipinski definition) is 0. The number of nitro groups is 1. The van der Waals surface area contributed by atoms with Crippen LogP contribution in [0.3, 0.4) is 0 Å². The van der Waals surface area contributed by atoms with Crippen molar-refractivity contribution in [2.45, 2.75) is 13.3 Å². The van der Waals surface area contributed by atoms with E-state index in [1.165, 1.54) is 6.07 Å². The minimum Gasteiger partial charge on any atom is -0.486 e. The van der Waals surface area contributed by atoms with E-state index in [4.69, 9.17) is 4.74 Å². The van der Waals surface area contributed by atoms with Gasteiger partial charge in [0.1, 0.15) is 0 Å². The third-order valence-corrected chi connectivity index (χ3v) is 2.99.